The summed E-state index contributed by atoms with van der Waals surface area (Å²) in [5.74, 6) is -0.223. The van der Waals surface area contributed by atoms with E-state index in [0.29, 0.717) is 0 Å². The van der Waals surface area contributed by atoms with Gasteiger partial charge in [-0.25, -0.2) is 0 Å². The Bertz CT molecular complexity index is 562. The molecule has 0 atom stereocenters. The number of rotatable bonds is 5. The second-order valence-electron chi connectivity index (χ2n) is 4.71. The first-order valence-electron chi connectivity index (χ1n) is 6.79. The lowest BCUT2D eigenvalue weighted by Crippen LogP contribution is -2.16. The van der Waals surface area contributed by atoms with E-state index in [2.05, 4.69) is 16.6 Å². The maximum absolute atomic E-state index is 12.1. The third-order valence-corrected chi connectivity index (χ3v) is 3.03. The number of aryl methyl sites for hydroxylation is 1. The number of ether oxygens (including phenoxy) is 1. The van der Waals surface area contributed by atoms with Gasteiger partial charge in [0, 0.05) is 17.5 Å². The van der Waals surface area contributed by atoms with Gasteiger partial charge in [-0.1, -0.05) is 31.5 Å². The van der Waals surface area contributed by atoms with Gasteiger partial charge in [-0.2, -0.15) is 0 Å². The van der Waals surface area contributed by atoms with Gasteiger partial charge in [-0.15, -0.1) is 13.2 Å². The van der Waals surface area contributed by atoms with Crippen molar-refractivity contribution in [1.29, 1.82) is 0 Å². The summed E-state index contributed by atoms with van der Waals surface area (Å²) in [5.41, 5.74) is 2.70. The third kappa shape index (κ3) is 4.77. The minimum atomic E-state index is -4.66. The number of halogens is 3. The molecule has 2 nitrogen and oxygen atoms in total. The number of hydrogen-bond donors (Lipinski definition) is 0. The summed E-state index contributed by atoms with van der Waals surface area (Å²) in [5, 5.41) is 0. The summed E-state index contributed by atoms with van der Waals surface area (Å²) in [4.78, 5) is 4.36. The van der Waals surface area contributed by atoms with E-state index in [9.17, 15) is 13.2 Å². The van der Waals surface area contributed by atoms with Crippen molar-refractivity contribution in [3.8, 4) is 16.9 Å². The molecule has 0 saturated heterocycles. The lowest BCUT2D eigenvalue weighted by atomic mass is 10.1. The second kappa shape index (κ2) is 6.61. The van der Waals surface area contributed by atoms with Crippen LogP contribution in [-0.4, -0.2) is 11.3 Å². The minimum Gasteiger partial charge on any atom is -0.406 e. The van der Waals surface area contributed by atoms with E-state index in [-0.39, 0.29) is 5.75 Å². The Morgan fingerprint density at radius 3 is 2.19 bits per heavy atom. The van der Waals surface area contributed by atoms with Crippen molar-refractivity contribution < 1.29 is 17.9 Å². The number of unbranched alkanes of at least 4 members (excludes halogenated alkanes) is 1. The predicted octanol–water partition coefficient (Wildman–Crippen LogP) is 4.99. The van der Waals surface area contributed by atoms with Crippen LogP contribution in [0.2, 0.25) is 0 Å². The zero-order chi connectivity index (χ0) is 15.3. The van der Waals surface area contributed by atoms with Crippen molar-refractivity contribution >= 4 is 0 Å². The number of hydrogen-bond acceptors (Lipinski definition) is 2. The molecule has 5 heteroatoms. The molecule has 1 heterocycles. The fourth-order valence-corrected chi connectivity index (χ4v) is 1.95. The van der Waals surface area contributed by atoms with Gasteiger partial charge in [0.2, 0.25) is 0 Å². The number of nitrogens with zero attached hydrogens (tertiary/aromatic N) is 1. The van der Waals surface area contributed by atoms with Crippen LogP contribution < -0.4 is 4.74 Å². The van der Waals surface area contributed by atoms with Gasteiger partial charge < -0.3 is 4.74 Å². The first-order chi connectivity index (χ1) is 9.98. The standard InChI is InChI=1S/C16H16F3NO/c1-2-3-4-14-8-5-13(11-20-14)12-6-9-15(10-7-12)21-16(17,18)19/h5-11H,2-4H2,1H3. The molecule has 2 aromatic rings. The van der Waals surface area contributed by atoms with Crippen LogP contribution in [0.3, 0.4) is 0 Å². The minimum absolute atomic E-state index is 0.223. The van der Waals surface area contributed by atoms with Crippen molar-refractivity contribution in [2.45, 2.75) is 32.5 Å². The van der Waals surface area contributed by atoms with Crippen LogP contribution in [0.5, 0.6) is 5.75 Å². The number of benzene rings is 1. The average Bonchev–Trinajstić information content (AvgIpc) is 2.45. The van der Waals surface area contributed by atoms with Gasteiger partial charge in [0.25, 0.3) is 0 Å². The quantitative estimate of drug-likeness (QED) is 0.775. The SMILES string of the molecule is CCCCc1ccc(-c2ccc(OC(F)(F)F)cc2)cn1. The van der Waals surface area contributed by atoms with Crippen molar-refractivity contribution in [3.63, 3.8) is 0 Å². The van der Waals surface area contributed by atoms with Crippen molar-refractivity contribution in [1.82, 2.24) is 4.98 Å². The maximum Gasteiger partial charge on any atom is 0.573 e. The molecule has 0 aliphatic carbocycles. The van der Waals surface area contributed by atoms with Gasteiger partial charge in [0.15, 0.2) is 0 Å². The Hall–Kier alpha value is -2.04. The topological polar surface area (TPSA) is 22.1 Å². The number of aromatic nitrogens is 1. The highest BCUT2D eigenvalue weighted by Crippen LogP contribution is 2.26. The summed E-state index contributed by atoms with van der Waals surface area (Å²) in [6.45, 7) is 2.12. The van der Waals surface area contributed by atoms with Crippen molar-refractivity contribution in [3.05, 3.63) is 48.3 Å². The first kappa shape index (κ1) is 15.4. The van der Waals surface area contributed by atoms with Gasteiger partial charge in [-0.05, 0) is 36.6 Å². The molecule has 112 valence electrons. The van der Waals surface area contributed by atoms with Crippen LogP contribution in [0.15, 0.2) is 42.6 Å². The highest BCUT2D eigenvalue weighted by molar-refractivity contribution is 5.63. The summed E-state index contributed by atoms with van der Waals surface area (Å²) < 4.78 is 40.1. The van der Waals surface area contributed by atoms with Crippen LogP contribution in [0.4, 0.5) is 13.2 Å². The van der Waals surface area contributed by atoms with Crippen molar-refractivity contribution in [2.24, 2.45) is 0 Å². The average molecular weight is 295 g/mol. The Kier molecular flexibility index (Phi) is 4.83. The molecular formula is C16H16F3NO. The number of alkyl halides is 3. The van der Waals surface area contributed by atoms with Gasteiger partial charge in [-0.3, -0.25) is 4.98 Å². The monoisotopic (exact) mass is 295 g/mol. The first-order valence-corrected chi connectivity index (χ1v) is 6.79. The molecule has 1 aromatic heterocycles. The fourth-order valence-electron chi connectivity index (χ4n) is 1.95. The van der Waals surface area contributed by atoms with E-state index in [4.69, 9.17) is 0 Å². The molecule has 0 fully saturated rings. The van der Waals surface area contributed by atoms with E-state index in [1.807, 2.05) is 12.1 Å². The maximum atomic E-state index is 12.1. The zero-order valence-corrected chi connectivity index (χ0v) is 11.7. The van der Waals surface area contributed by atoms with E-state index >= 15 is 0 Å². The molecule has 0 aliphatic rings. The summed E-state index contributed by atoms with van der Waals surface area (Å²) in [6, 6.07) is 9.65. The van der Waals surface area contributed by atoms with Crippen LogP contribution in [-0.2, 0) is 6.42 Å². The van der Waals surface area contributed by atoms with Gasteiger partial charge in [0.05, 0.1) is 0 Å². The van der Waals surface area contributed by atoms with Crippen LogP contribution in [0.25, 0.3) is 11.1 Å². The van der Waals surface area contributed by atoms with E-state index in [1.54, 1.807) is 18.3 Å². The molecule has 0 N–H and O–H groups in total. The van der Waals surface area contributed by atoms with Gasteiger partial charge >= 0.3 is 6.36 Å². The predicted molar refractivity (Wildman–Crippen MR) is 75.0 cm³/mol. The number of pyridine rings is 1. The van der Waals surface area contributed by atoms with E-state index in [1.165, 1.54) is 12.1 Å². The highest BCUT2D eigenvalue weighted by Gasteiger charge is 2.30. The lowest BCUT2D eigenvalue weighted by molar-refractivity contribution is -0.274. The Morgan fingerprint density at radius 2 is 1.67 bits per heavy atom. The normalized spacial score (nSPS) is 11.4. The summed E-state index contributed by atoms with van der Waals surface area (Å²) >= 11 is 0. The Morgan fingerprint density at radius 1 is 1.00 bits per heavy atom. The molecule has 0 saturated carbocycles. The second-order valence-corrected chi connectivity index (χ2v) is 4.71. The molecule has 0 radical (unpaired) electrons. The summed E-state index contributed by atoms with van der Waals surface area (Å²) in [7, 11) is 0. The Balaban J connectivity index is 2.08. The molecule has 0 unspecified atom stereocenters. The molecule has 0 bridgehead atoms. The molecule has 0 spiro atoms. The van der Waals surface area contributed by atoms with Crippen LogP contribution >= 0.6 is 0 Å². The molecule has 2 rings (SSSR count). The van der Waals surface area contributed by atoms with Crippen LogP contribution in [0.1, 0.15) is 25.5 Å². The highest BCUT2D eigenvalue weighted by atomic mass is 19.4. The lowest BCUT2D eigenvalue weighted by Gasteiger charge is -2.09. The molecule has 1 aromatic carbocycles. The third-order valence-electron chi connectivity index (χ3n) is 3.03. The van der Waals surface area contributed by atoms with E-state index in [0.717, 1.165) is 36.1 Å². The smallest absolute Gasteiger partial charge is 0.406 e. The molecule has 21 heavy (non-hydrogen) atoms. The van der Waals surface area contributed by atoms with Crippen molar-refractivity contribution in [2.75, 3.05) is 0 Å². The summed E-state index contributed by atoms with van der Waals surface area (Å²) in [6.07, 6.45) is 0.226. The zero-order valence-electron chi connectivity index (χ0n) is 11.7. The molecule has 0 aliphatic heterocycles. The largest absolute Gasteiger partial charge is 0.573 e. The van der Waals surface area contributed by atoms with Gasteiger partial charge in [0.1, 0.15) is 5.75 Å². The molecule has 0 amide bonds. The molecular weight excluding hydrogens is 279 g/mol. The van der Waals surface area contributed by atoms with E-state index < -0.39 is 6.36 Å². The Labute approximate surface area is 121 Å². The fraction of sp³-hybridized carbons (Fsp3) is 0.312. The van der Waals surface area contributed by atoms with Crippen LogP contribution in [0, 0.1) is 0 Å².